The van der Waals surface area contributed by atoms with E-state index in [9.17, 15) is 4.21 Å². The van der Waals surface area contributed by atoms with E-state index >= 15 is 0 Å². The molecule has 1 fully saturated rings. The zero-order valence-corrected chi connectivity index (χ0v) is 9.25. The summed E-state index contributed by atoms with van der Waals surface area (Å²) in [6.45, 7) is 5.09. The van der Waals surface area contributed by atoms with E-state index in [2.05, 4.69) is 5.32 Å². The molecule has 0 aliphatic carbocycles. The van der Waals surface area contributed by atoms with Crippen LogP contribution in [0.2, 0.25) is 0 Å². The fraction of sp³-hybridized carbons (Fsp3) is 1.00. The Hall–Kier alpha value is 0.110. The highest BCUT2D eigenvalue weighted by Gasteiger charge is 2.16. The van der Waals surface area contributed by atoms with Crippen molar-refractivity contribution in [3.63, 3.8) is 0 Å². The molecular formula is C9H21NOS. The van der Waals surface area contributed by atoms with Crippen molar-refractivity contribution in [1.82, 2.24) is 5.32 Å². The molecule has 0 aromatic carbocycles. The number of hydrogen-bond donors (Lipinski definition) is 1. The van der Waals surface area contributed by atoms with Crippen molar-refractivity contribution < 1.29 is 4.21 Å². The van der Waals surface area contributed by atoms with Gasteiger partial charge in [-0.2, -0.15) is 0 Å². The van der Waals surface area contributed by atoms with Crippen LogP contribution < -0.4 is 5.32 Å². The van der Waals surface area contributed by atoms with Crippen molar-refractivity contribution in [3.8, 4) is 0 Å². The minimum atomic E-state index is -0.492. The zero-order valence-electron chi connectivity index (χ0n) is 8.43. The first-order chi connectivity index (χ1) is 5.83. The summed E-state index contributed by atoms with van der Waals surface area (Å²) in [5.74, 6) is 2.63. The summed E-state index contributed by atoms with van der Waals surface area (Å²) >= 11 is 0. The average Bonchev–Trinajstić information content (AvgIpc) is 2.13. The van der Waals surface area contributed by atoms with Gasteiger partial charge in [-0.25, -0.2) is 0 Å². The van der Waals surface area contributed by atoms with Crippen LogP contribution in [0.3, 0.4) is 0 Å². The maximum absolute atomic E-state index is 10.9. The molecule has 74 valence electrons. The molecule has 1 N–H and O–H groups in total. The highest BCUT2D eigenvalue weighted by molar-refractivity contribution is 7.85. The summed E-state index contributed by atoms with van der Waals surface area (Å²) in [5.41, 5.74) is 0. The van der Waals surface area contributed by atoms with Crippen molar-refractivity contribution in [2.45, 2.75) is 26.7 Å². The molecule has 0 aromatic heterocycles. The Bertz CT molecular complexity index is 118. The second-order valence-corrected chi connectivity index (χ2v) is 4.55. The maximum Gasteiger partial charge on any atom is 0.0237 e. The van der Waals surface area contributed by atoms with Crippen LogP contribution in [-0.2, 0) is 10.8 Å². The Morgan fingerprint density at radius 3 is 2.25 bits per heavy atom. The Morgan fingerprint density at radius 1 is 1.33 bits per heavy atom. The zero-order chi connectivity index (χ0) is 9.40. The lowest BCUT2D eigenvalue weighted by molar-refractivity contribution is 0.460. The quantitative estimate of drug-likeness (QED) is 0.714. The SMILES string of the molecule is CC.CNCC1CCS(=O)CC1. The van der Waals surface area contributed by atoms with Gasteiger partial charge >= 0.3 is 0 Å². The van der Waals surface area contributed by atoms with E-state index < -0.39 is 10.8 Å². The minimum absolute atomic E-state index is 0.492. The molecule has 0 spiro atoms. The maximum atomic E-state index is 10.9. The lowest BCUT2D eigenvalue weighted by Crippen LogP contribution is -2.26. The van der Waals surface area contributed by atoms with Gasteiger partial charge in [0.2, 0.25) is 0 Å². The van der Waals surface area contributed by atoms with E-state index in [1.54, 1.807) is 0 Å². The molecule has 3 heteroatoms. The summed E-state index contributed by atoms with van der Waals surface area (Å²) in [4.78, 5) is 0. The predicted molar refractivity (Wildman–Crippen MR) is 55.9 cm³/mol. The highest BCUT2D eigenvalue weighted by atomic mass is 32.2. The molecule has 0 bridgehead atoms. The monoisotopic (exact) mass is 191 g/mol. The molecule has 1 heterocycles. The third kappa shape index (κ3) is 4.88. The minimum Gasteiger partial charge on any atom is -0.319 e. The second-order valence-electron chi connectivity index (χ2n) is 2.85. The molecule has 1 aliphatic heterocycles. The lowest BCUT2D eigenvalue weighted by Gasteiger charge is -2.20. The van der Waals surface area contributed by atoms with E-state index in [1.807, 2.05) is 20.9 Å². The van der Waals surface area contributed by atoms with Crippen molar-refractivity contribution in [3.05, 3.63) is 0 Å². The third-order valence-electron chi connectivity index (χ3n) is 2.00. The molecule has 0 radical (unpaired) electrons. The third-order valence-corrected chi connectivity index (χ3v) is 3.38. The number of hydrogen-bond acceptors (Lipinski definition) is 2. The fourth-order valence-electron chi connectivity index (χ4n) is 1.34. The Balaban J connectivity index is 0.000000561. The van der Waals surface area contributed by atoms with Gasteiger partial charge in [-0.05, 0) is 32.4 Å². The van der Waals surface area contributed by atoms with Crippen LogP contribution in [0.15, 0.2) is 0 Å². The van der Waals surface area contributed by atoms with E-state index in [0.29, 0.717) is 0 Å². The van der Waals surface area contributed by atoms with Crippen LogP contribution in [0.4, 0.5) is 0 Å². The fourth-order valence-corrected chi connectivity index (χ4v) is 2.73. The lowest BCUT2D eigenvalue weighted by atomic mass is 10.0. The molecular weight excluding hydrogens is 170 g/mol. The molecule has 2 nitrogen and oxygen atoms in total. The van der Waals surface area contributed by atoms with Crippen LogP contribution in [0.25, 0.3) is 0 Å². The molecule has 0 amide bonds. The van der Waals surface area contributed by atoms with Gasteiger partial charge in [-0.1, -0.05) is 13.8 Å². The first kappa shape index (κ1) is 12.1. The van der Waals surface area contributed by atoms with E-state index in [4.69, 9.17) is 0 Å². The van der Waals surface area contributed by atoms with E-state index in [-0.39, 0.29) is 0 Å². The van der Waals surface area contributed by atoms with Crippen LogP contribution in [0.1, 0.15) is 26.7 Å². The van der Waals surface area contributed by atoms with Crippen molar-refractivity contribution >= 4 is 10.8 Å². The van der Waals surface area contributed by atoms with Gasteiger partial charge in [0.05, 0.1) is 0 Å². The number of rotatable bonds is 2. The van der Waals surface area contributed by atoms with Crippen molar-refractivity contribution in [2.24, 2.45) is 5.92 Å². The average molecular weight is 191 g/mol. The summed E-state index contributed by atoms with van der Waals surface area (Å²) < 4.78 is 10.9. The molecule has 12 heavy (non-hydrogen) atoms. The van der Waals surface area contributed by atoms with Crippen LogP contribution >= 0.6 is 0 Å². The molecule has 0 saturated carbocycles. The molecule has 1 rings (SSSR count). The topological polar surface area (TPSA) is 29.1 Å². The van der Waals surface area contributed by atoms with Gasteiger partial charge in [0, 0.05) is 22.3 Å². The summed E-state index contributed by atoms with van der Waals surface area (Å²) in [7, 11) is 1.49. The van der Waals surface area contributed by atoms with E-state index in [0.717, 1.165) is 36.8 Å². The molecule has 1 aliphatic rings. The first-order valence-corrected chi connectivity index (χ1v) is 6.31. The van der Waals surface area contributed by atoms with Crippen LogP contribution in [0, 0.1) is 5.92 Å². The molecule has 1 saturated heterocycles. The first-order valence-electron chi connectivity index (χ1n) is 4.82. The largest absolute Gasteiger partial charge is 0.319 e. The summed E-state index contributed by atoms with van der Waals surface area (Å²) in [6.07, 6.45) is 2.29. The smallest absolute Gasteiger partial charge is 0.0237 e. The molecule has 0 aromatic rings. The van der Waals surface area contributed by atoms with Crippen molar-refractivity contribution in [2.75, 3.05) is 25.1 Å². The van der Waals surface area contributed by atoms with Gasteiger partial charge in [0.15, 0.2) is 0 Å². The second kappa shape index (κ2) is 7.74. The Kier molecular flexibility index (Phi) is 7.81. The van der Waals surface area contributed by atoms with E-state index in [1.165, 1.54) is 0 Å². The highest BCUT2D eigenvalue weighted by Crippen LogP contribution is 2.14. The summed E-state index contributed by atoms with van der Waals surface area (Å²) in [6, 6.07) is 0. The Morgan fingerprint density at radius 2 is 1.83 bits per heavy atom. The van der Waals surface area contributed by atoms with Gasteiger partial charge in [-0.3, -0.25) is 4.21 Å². The van der Waals surface area contributed by atoms with Gasteiger partial charge < -0.3 is 5.32 Å². The molecule has 0 atom stereocenters. The van der Waals surface area contributed by atoms with Gasteiger partial charge in [0.1, 0.15) is 0 Å². The normalized spacial score (nSPS) is 28.9. The summed E-state index contributed by atoms with van der Waals surface area (Å²) in [5, 5.41) is 3.15. The van der Waals surface area contributed by atoms with Crippen LogP contribution in [-0.4, -0.2) is 29.3 Å². The standard InChI is InChI=1S/C7H15NOS.C2H6/c1-8-6-7-2-4-10(9)5-3-7;1-2/h7-8H,2-6H2,1H3;1-2H3. The Labute approximate surface area is 78.6 Å². The van der Waals surface area contributed by atoms with Crippen molar-refractivity contribution in [1.29, 1.82) is 0 Å². The molecule has 0 unspecified atom stereocenters. The number of nitrogens with one attached hydrogen (secondary N) is 1. The van der Waals surface area contributed by atoms with Gasteiger partial charge in [-0.15, -0.1) is 0 Å². The predicted octanol–water partition coefficient (Wildman–Crippen LogP) is 1.39. The van der Waals surface area contributed by atoms with Crippen LogP contribution in [0.5, 0.6) is 0 Å². The van der Waals surface area contributed by atoms with Gasteiger partial charge in [0.25, 0.3) is 0 Å².